The molecule has 0 saturated heterocycles. The Hall–Kier alpha value is -1.65. The highest BCUT2D eigenvalue weighted by Crippen LogP contribution is 2.14. The summed E-state index contributed by atoms with van der Waals surface area (Å²) in [7, 11) is 0. The number of carbonyl (C=O) groups excluding carboxylic acids is 1. The van der Waals surface area contributed by atoms with Crippen LogP contribution in [-0.2, 0) is 9.53 Å². The predicted molar refractivity (Wildman–Crippen MR) is 70.6 cm³/mol. The van der Waals surface area contributed by atoms with Crippen molar-refractivity contribution in [2.75, 3.05) is 11.9 Å². The molecule has 1 aromatic heterocycles. The lowest BCUT2D eigenvalue weighted by Crippen LogP contribution is -2.28. The maximum absolute atomic E-state index is 11.5. The average molecular weight is 251 g/mol. The molecule has 5 nitrogen and oxygen atoms in total. The van der Waals surface area contributed by atoms with Crippen LogP contribution in [-0.4, -0.2) is 28.6 Å². The summed E-state index contributed by atoms with van der Waals surface area (Å²) in [4.78, 5) is 20.3. The van der Waals surface area contributed by atoms with Crippen LogP contribution in [0.4, 0.5) is 5.82 Å². The highest BCUT2D eigenvalue weighted by Gasteiger charge is 2.15. The molecule has 100 valence electrons. The minimum absolute atomic E-state index is 0.253. The number of aryl methyl sites for hydroxylation is 1. The van der Waals surface area contributed by atoms with Gasteiger partial charge in [0.05, 0.1) is 6.61 Å². The van der Waals surface area contributed by atoms with Crippen LogP contribution in [0.3, 0.4) is 0 Å². The van der Waals surface area contributed by atoms with Crippen molar-refractivity contribution in [1.82, 2.24) is 9.97 Å². The summed E-state index contributed by atoms with van der Waals surface area (Å²) in [6.07, 6.45) is 0. The molecule has 0 aliphatic heterocycles. The number of nitrogens with zero attached hydrogens (tertiary/aromatic N) is 2. The number of aromatic nitrogens is 2. The number of rotatable bonds is 5. The van der Waals surface area contributed by atoms with Crippen molar-refractivity contribution >= 4 is 11.8 Å². The molecule has 0 spiro atoms. The Balaban J connectivity index is 2.81. The summed E-state index contributed by atoms with van der Waals surface area (Å²) in [5.41, 5.74) is 0.882. The fourth-order valence-electron chi connectivity index (χ4n) is 1.47. The number of hydrogen-bond donors (Lipinski definition) is 1. The smallest absolute Gasteiger partial charge is 0.328 e. The Kier molecular flexibility index (Phi) is 5.07. The van der Waals surface area contributed by atoms with E-state index in [4.69, 9.17) is 4.74 Å². The summed E-state index contributed by atoms with van der Waals surface area (Å²) in [5.74, 6) is 1.41. The average Bonchev–Trinajstić information content (AvgIpc) is 2.28. The van der Waals surface area contributed by atoms with E-state index in [-0.39, 0.29) is 11.9 Å². The van der Waals surface area contributed by atoms with Crippen LogP contribution in [0.15, 0.2) is 6.07 Å². The van der Waals surface area contributed by atoms with Gasteiger partial charge in [-0.2, -0.15) is 0 Å². The Morgan fingerprint density at radius 2 is 2.06 bits per heavy atom. The second-order valence-corrected chi connectivity index (χ2v) is 4.53. The fourth-order valence-corrected chi connectivity index (χ4v) is 1.47. The summed E-state index contributed by atoms with van der Waals surface area (Å²) in [6.45, 7) is 9.90. The second kappa shape index (κ2) is 6.33. The van der Waals surface area contributed by atoms with Crippen LogP contribution in [0.25, 0.3) is 0 Å². The first kappa shape index (κ1) is 14.4. The maximum atomic E-state index is 11.5. The third-order valence-electron chi connectivity index (χ3n) is 2.39. The molecule has 0 aliphatic rings. The van der Waals surface area contributed by atoms with E-state index >= 15 is 0 Å². The zero-order chi connectivity index (χ0) is 13.7. The molecule has 1 heterocycles. The number of anilines is 1. The molecule has 1 atom stereocenters. The maximum Gasteiger partial charge on any atom is 0.328 e. The van der Waals surface area contributed by atoms with Crippen LogP contribution in [0.2, 0.25) is 0 Å². The number of carbonyl (C=O) groups is 1. The number of esters is 1. The molecule has 0 aliphatic carbocycles. The lowest BCUT2D eigenvalue weighted by molar-refractivity contribution is -0.143. The van der Waals surface area contributed by atoms with Gasteiger partial charge >= 0.3 is 5.97 Å². The van der Waals surface area contributed by atoms with Crippen LogP contribution in [0.5, 0.6) is 0 Å². The van der Waals surface area contributed by atoms with Gasteiger partial charge in [-0.05, 0) is 20.8 Å². The van der Waals surface area contributed by atoms with Gasteiger partial charge in [0, 0.05) is 17.7 Å². The third kappa shape index (κ3) is 3.98. The predicted octanol–water partition coefficient (Wildman–Crippen LogP) is 2.27. The third-order valence-corrected chi connectivity index (χ3v) is 2.39. The topological polar surface area (TPSA) is 64.1 Å². The summed E-state index contributed by atoms with van der Waals surface area (Å²) in [6, 6.07) is 1.40. The summed E-state index contributed by atoms with van der Waals surface area (Å²) >= 11 is 0. The first-order valence-corrected chi connectivity index (χ1v) is 6.22. The van der Waals surface area contributed by atoms with E-state index in [0.717, 1.165) is 11.5 Å². The first-order valence-electron chi connectivity index (χ1n) is 6.22. The Morgan fingerprint density at radius 1 is 1.39 bits per heavy atom. The summed E-state index contributed by atoms with van der Waals surface area (Å²) < 4.78 is 4.94. The molecule has 1 aromatic rings. The van der Waals surface area contributed by atoms with Crippen molar-refractivity contribution in [3.05, 3.63) is 17.6 Å². The van der Waals surface area contributed by atoms with Gasteiger partial charge in [-0.1, -0.05) is 13.8 Å². The van der Waals surface area contributed by atoms with E-state index in [1.807, 2.05) is 26.8 Å². The van der Waals surface area contributed by atoms with Gasteiger partial charge in [0.1, 0.15) is 17.7 Å². The van der Waals surface area contributed by atoms with Gasteiger partial charge in [0.2, 0.25) is 0 Å². The lowest BCUT2D eigenvalue weighted by atomic mass is 10.2. The summed E-state index contributed by atoms with van der Waals surface area (Å²) in [5, 5.41) is 3.04. The highest BCUT2D eigenvalue weighted by atomic mass is 16.5. The van der Waals surface area contributed by atoms with E-state index in [2.05, 4.69) is 15.3 Å². The molecular formula is C13H21N3O2. The van der Waals surface area contributed by atoms with Crippen molar-refractivity contribution < 1.29 is 9.53 Å². The Labute approximate surface area is 108 Å². The van der Waals surface area contributed by atoms with Gasteiger partial charge < -0.3 is 10.1 Å². The molecule has 0 fully saturated rings. The standard InChI is InChI=1S/C13H21N3O2/c1-6-18-13(17)10(5)15-11-7-9(4)14-12(16-11)8(2)3/h7-8,10H,6H2,1-5H3,(H,14,15,16). The zero-order valence-corrected chi connectivity index (χ0v) is 11.7. The van der Waals surface area contributed by atoms with E-state index < -0.39 is 6.04 Å². The molecular weight excluding hydrogens is 230 g/mol. The molecule has 5 heteroatoms. The van der Waals surface area contributed by atoms with Gasteiger partial charge in [0.15, 0.2) is 0 Å². The number of nitrogens with one attached hydrogen (secondary N) is 1. The van der Waals surface area contributed by atoms with Gasteiger partial charge in [-0.3, -0.25) is 0 Å². The first-order chi connectivity index (χ1) is 8.43. The van der Waals surface area contributed by atoms with Crippen LogP contribution in [0.1, 0.15) is 45.1 Å². The molecule has 1 rings (SSSR count). The normalized spacial score (nSPS) is 12.3. The minimum Gasteiger partial charge on any atom is -0.464 e. The lowest BCUT2D eigenvalue weighted by Gasteiger charge is -2.15. The highest BCUT2D eigenvalue weighted by molar-refractivity contribution is 5.78. The Morgan fingerprint density at radius 3 is 2.61 bits per heavy atom. The van der Waals surface area contributed by atoms with Gasteiger partial charge in [0.25, 0.3) is 0 Å². The van der Waals surface area contributed by atoms with Crippen molar-refractivity contribution in [2.24, 2.45) is 0 Å². The van der Waals surface area contributed by atoms with Crippen molar-refractivity contribution in [3.8, 4) is 0 Å². The molecule has 0 amide bonds. The molecule has 1 N–H and O–H groups in total. The molecule has 1 unspecified atom stereocenters. The molecule has 0 aromatic carbocycles. The van der Waals surface area contributed by atoms with Gasteiger partial charge in [-0.15, -0.1) is 0 Å². The monoisotopic (exact) mass is 251 g/mol. The Bertz CT molecular complexity index is 419. The van der Waals surface area contributed by atoms with Crippen molar-refractivity contribution in [3.63, 3.8) is 0 Å². The number of hydrogen-bond acceptors (Lipinski definition) is 5. The van der Waals surface area contributed by atoms with E-state index in [1.54, 1.807) is 13.8 Å². The quantitative estimate of drug-likeness (QED) is 0.813. The molecule has 18 heavy (non-hydrogen) atoms. The molecule has 0 saturated carbocycles. The number of ether oxygens (including phenoxy) is 1. The minimum atomic E-state index is -0.417. The fraction of sp³-hybridized carbons (Fsp3) is 0.615. The van der Waals surface area contributed by atoms with E-state index in [9.17, 15) is 4.79 Å². The largest absolute Gasteiger partial charge is 0.464 e. The van der Waals surface area contributed by atoms with Crippen molar-refractivity contribution in [2.45, 2.75) is 46.6 Å². The van der Waals surface area contributed by atoms with Crippen LogP contribution in [0, 0.1) is 6.92 Å². The van der Waals surface area contributed by atoms with Gasteiger partial charge in [-0.25, -0.2) is 14.8 Å². The van der Waals surface area contributed by atoms with E-state index in [0.29, 0.717) is 12.4 Å². The molecule has 0 bridgehead atoms. The molecule has 0 radical (unpaired) electrons. The van der Waals surface area contributed by atoms with E-state index in [1.165, 1.54) is 0 Å². The second-order valence-electron chi connectivity index (χ2n) is 4.53. The van der Waals surface area contributed by atoms with Crippen LogP contribution >= 0.6 is 0 Å². The van der Waals surface area contributed by atoms with Crippen LogP contribution < -0.4 is 5.32 Å². The SMILES string of the molecule is CCOC(=O)C(C)Nc1cc(C)nc(C(C)C)n1. The zero-order valence-electron chi connectivity index (χ0n) is 11.7. The van der Waals surface area contributed by atoms with Crippen molar-refractivity contribution in [1.29, 1.82) is 0 Å².